The highest BCUT2D eigenvalue weighted by Crippen LogP contribution is 2.32. The highest BCUT2D eigenvalue weighted by Gasteiger charge is 2.40. The average molecular weight is 288 g/mol. The zero-order chi connectivity index (χ0) is 14.1. The molecule has 2 amide bonds. The van der Waals surface area contributed by atoms with Crippen LogP contribution >= 0.6 is 11.8 Å². The highest BCUT2D eigenvalue weighted by atomic mass is 32.2. The molecule has 0 spiro atoms. The Balaban J connectivity index is 1.83. The van der Waals surface area contributed by atoms with E-state index in [1.54, 1.807) is 6.07 Å². The number of aromatic nitrogens is 3. The summed E-state index contributed by atoms with van der Waals surface area (Å²) in [5.41, 5.74) is 1.63. The molecule has 0 bridgehead atoms. The number of rotatable bonds is 3. The minimum absolute atomic E-state index is 0.179. The van der Waals surface area contributed by atoms with Gasteiger partial charge in [-0.05, 0) is 24.6 Å². The summed E-state index contributed by atoms with van der Waals surface area (Å²) in [6.45, 7) is 1.93. The summed E-state index contributed by atoms with van der Waals surface area (Å²) >= 11 is 1.23. The Bertz CT molecular complexity index is 656. The lowest BCUT2D eigenvalue weighted by Crippen LogP contribution is -2.31. The minimum atomic E-state index is -0.448. The molecule has 1 aromatic carbocycles. The van der Waals surface area contributed by atoms with Crippen molar-refractivity contribution in [3.63, 3.8) is 0 Å². The van der Waals surface area contributed by atoms with E-state index in [4.69, 9.17) is 0 Å². The number of imide groups is 1. The number of thioether (sulfide) groups is 1. The van der Waals surface area contributed by atoms with E-state index in [1.807, 2.05) is 25.1 Å². The maximum absolute atomic E-state index is 12.4. The molecular formula is C13H12N4O2S. The van der Waals surface area contributed by atoms with Crippen LogP contribution < -0.4 is 4.90 Å². The molecule has 7 heteroatoms. The van der Waals surface area contributed by atoms with Gasteiger partial charge >= 0.3 is 0 Å². The van der Waals surface area contributed by atoms with Gasteiger partial charge in [-0.1, -0.05) is 23.9 Å². The van der Waals surface area contributed by atoms with Crippen molar-refractivity contribution >= 4 is 29.3 Å². The number of amides is 2. The van der Waals surface area contributed by atoms with Crippen LogP contribution in [-0.4, -0.2) is 32.2 Å². The van der Waals surface area contributed by atoms with Crippen molar-refractivity contribution in [2.75, 3.05) is 4.90 Å². The maximum Gasteiger partial charge on any atom is 0.247 e. The fourth-order valence-corrected chi connectivity index (χ4v) is 3.04. The van der Waals surface area contributed by atoms with Crippen LogP contribution in [0.25, 0.3) is 0 Å². The van der Waals surface area contributed by atoms with Gasteiger partial charge in [0.15, 0.2) is 5.16 Å². The highest BCUT2D eigenvalue weighted by molar-refractivity contribution is 8.00. The lowest BCUT2D eigenvalue weighted by Gasteiger charge is -2.15. The first-order valence-electron chi connectivity index (χ1n) is 6.10. The predicted octanol–water partition coefficient (Wildman–Crippen LogP) is 1.54. The molecule has 0 unspecified atom stereocenters. The lowest BCUT2D eigenvalue weighted by atomic mass is 10.2. The summed E-state index contributed by atoms with van der Waals surface area (Å²) in [6, 6.07) is 7.36. The SMILES string of the molecule is Cc1cccc(N2C(=O)C[C@H](Sc3ncn[nH]3)C2=O)c1. The zero-order valence-corrected chi connectivity index (χ0v) is 11.6. The molecule has 0 saturated carbocycles. The first-order valence-corrected chi connectivity index (χ1v) is 6.98. The number of anilines is 1. The Labute approximate surface area is 119 Å². The Morgan fingerprint density at radius 1 is 1.40 bits per heavy atom. The van der Waals surface area contributed by atoms with E-state index in [0.29, 0.717) is 10.8 Å². The summed E-state index contributed by atoms with van der Waals surface area (Å²) in [7, 11) is 0. The third-order valence-corrected chi connectivity index (χ3v) is 4.08. The zero-order valence-electron chi connectivity index (χ0n) is 10.7. The molecule has 1 N–H and O–H groups in total. The first kappa shape index (κ1) is 12.9. The molecule has 3 rings (SSSR count). The minimum Gasteiger partial charge on any atom is -0.274 e. The summed E-state index contributed by atoms with van der Waals surface area (Å²) in [6.07, 6.45) is 1.56. The summed E-state index contributed by atoms with van der Waals surface area (Å²) in [5, 5.41) is 6.51. The summed E-state index contributed by atoms with van der Waals surface area (Å²) < 4.78 is 0. The van der Waals surface area contributed by atoms with Crippen molar-refractivity contribution in [3.8, 4) is 0 Å². The van der Waals surface area contributed by atoms with Gasteiger partial charge in [-0.15, -0.1) is 0 Å². The topological polar surface area (TPSA) is 79.0 Å². The third kappa shape index (κ3) is 2.32. The number of benzene rings is 1. The quantitative estimate of drug-likeness (QED) is 0.867. The third-order valence-electron chi connectivity index (χ3n) is 3.01. The Morgan fingerprint density at radius 2 is 2.25 bits per heavy atom. The number of hydrogen-bond donors (Lipinski definition) is 1. The number of nitrogens with zero attached hydrogens (tertiary/aromatic N) is 3. The predicted molar refractivity (Wildman–Crippen MR) is 74.3 cm³/mol. The van der Waals surface area contributed by atoms with E-state index in [2.05, 4.69) is 15.2 Å². The molecule has 6 nitrogen and oxygen atoms in total. The van der Waals surface area contributed by atoms with Crippen LogP contribution in [0.2, 0.25) is 0 Å². The van der Waals surface area contributed by atoms with Gasteiger partial charge in [-0.2, -0.15) is 5.10 Å². The van der Waals surface area contributed by atoms with Gasteiger partial charge in [0.05, 0.1) is 5.69 Å². The van der Waals surface area contributed by atoms with Crippen LogP contribution in [0.3, 0.4) is 0 Å². The van der Waals surface area contributed by atoms with E-state index < -0.39 is 5.25 Å². The molecule has 20 heavy (non-hydrogen) atoms. The molecule has 1 aliphatic heterocycles. The smallest absolute Gasteiger partial charge is 0.247 e. The van der Waals surface area contributed by atoms with Crippen molar-refractivity contribution < 1.29 is 9.59 Å². The molecule has 1 fully saturated rings. The standard InChI is InChI=1S/C13H12N4O2S/c1-8-3-2-4-9(5-8)17-11(18)6-10(12(17)19)20-13-14-7-15-16-13/h2-5,7,10H,6H2,1H3,(H,14,15,16)/t10-/m0/s1. The van der Waals surface area contributed by atoms with Crippen LogP contribution in [0.15, 0.2) is 35.7 Å². The maximum atomic E-state index is 12.4. The second-order valence-electron chi connectivity index (χ2n) is 4.51. The number of H-pyrrole nitrogens is 1. The Hall–Kier alpha value is -2.15. The largest absolute Gasteiger partial charge is 0.274 e. The second-order valence-corrected chi connectivity index (χ2v) is 5.70. The fourth-order valence-electron chi connectivity index (χ4n) is 2.12. The van der Waals surface area contributed by atoms with Gasteiger partial charge < -0.3 is 0 Å². The average Bonchev–Trinajstić information content (AvgIpc) is 2.99. The van der Waals surface area contributed by atoms with Crippen LogP contribution in [0.5, 0.6) is 0 Å². The van der Waals surface area contributed by atoms with E-state index in [0.717, 1.165) is 5.56 Å². The molecule has 1 saturated heterocycles. The van der Waals surface area contributed by atoms with Crippen molar-refractivity contribution in [2.24, 2.45) is 0 Å². The molecule has 1 atom stereocenters. The Morgan fingerprint density at radius 3 is 2.95 bits per heavy atom. The molecular weight excluding hydrogens is 276 g/mol. The summed E-state index contributed by atoms with van der Waals surface area (Å²) in [5.74, 6) is -0.389. The van der Waals surface area contributed by atoms with Gasteiger partial charge in [-0.25, -0.2) is 9.88 Å². The van der Waals surface area contributed by atoms with Crippen molar-refractivity contribution in [1.29, 1.82) is 0 Å². The van der Waals surface area contributed by atoms with Crippen LogP contribution in [-0.2, 0) is 9.59 Å². The van der Waals surface area contributed by atoms with Crippen LogP contribution in [0.1, 0.15) is 12.0 Å². The number of carbonyl (C=O) groups excluding carboxylic acids is 2. The number of aryl methyl sites for hydroxylation is 1. The van der Waals surface area contributed by atoms with Crippen molar-refractivity contribution in [3.05, 3.63) is 36.2 Å². The van der Waals surface area contributed by atoms with Crippen molar-refractivity contribution in [2.45, 2.75) is 23.8 Å². The number of hydrogen-bond acceptors (Lipinski definition) is 5. The Kier molecular flexibility index (Phi) is 3.27. The molecule has 0 aliphatic carbocycles. The van der Waals surface area contributed by atoms with E-state index in [9.17, 15) is 9.59 Å². The molecule has 1 aliphatic rings. The lowest BCUT2D eigenvalue weighted by molar-refractivity contribution is -0.121. The van der Waals surface area contributed by atoms with Gasteiger partial charge in [0.1, 0.15) is 11.6 Å². The molecule has 1 aromatic heterocycles. The van der Waals surface area contributed by atoms with Crippen LogP contribution in [0.4, 0.5) is 5.69 Å². The second kappa shape index (κ2) is 5.09. The van der Waals surface area contributed by atoms with Crippen LogP contribution in [0, 0.1) is 6.92 Å². The number of nitrogens with one attached hydrogen (secondary N) is 1. The van der Waals surface area contributed by atoms with Gasteiger partial charge in [0.25, 0.3) is 0 Å². The monoisotopic (exact) mass is 288 g/mol. The molecule has 102 valence electrons. The number of carbonyl (C=O) groups is 2. The first-order chi connectivity index (χ1) is 9.65. The number of aromatic amines is 1. The van der Waals surface area contributed by atoms with E-state index in [-0.39, 0.29) is 18.2 Å². The molecule has 0 radical (unpaired) electrons. The molecule has 2 aromatic rings. The van der Waals surface area contributed by atoms with Crippen molar-refractivity contribution in [1.82, 2.24) is 15.2 Å². The van der Waals surface area contributed by atoms with E-state index >= 15 is 0 Å². The molecule has 2 heterocycles. The summed E-state index contributed by atoms with van der Waals surface area (Å²) in [4.78, 5) is 29.7. The normalized spacial score (nSPS) is 18.9. The van der Waals surface area contributed by atoms with Gasteiger partial charge in [0.2, 0.25) is 11.8 Å². The van der Waals surface area contributed by atoms with E-state index in [1.165, 1.54) is 23.0 Å². The van der Waals surface area contributed by atoms with Gasteiger partial charge in [-0.3, -0.25) is 14.7 Å². The fraction of sp³-hybridized carbons (Fsp3) is 0.231. The van der Waals surface area contributed by atoms with Gasteiger partial charge in [0, 0.05) is 6.42 Å².